The molecule has 2 heterocycles. The molecule has 2 rings (SSSR count). The first kappa shape index (κ1) is 11.1. The van der Waals surface area contributed by atoms with Crippen molar-refractivity contribution in [2.75, 3.05) is 24.4 Å². The molecule has 0 bridgehead atoms. The summed E-state index contributed by atoms with van der Waals surface area (Å²) < 4.78 is 4.90. The fraction of sp³-hybridized carbons (Fsp3) is 0.500. The lowest BCUT2D eigenvalue weighted by Gasteiger charge is -2.14. The SMILES string of the molecule is COc1cnc(N2CC(CCl)CC2=O)cn1. The van der Waals surface area contributed by atoms with Crippen molar-refractivity contribution in [2.24, 2.45) is 5.92 Å². The van der Waals surface area contributed by atoms with Crippen LogP contribution in [-0.4, -0.2) is 35.4 Å². The summed E-state index contributed by atoms with van der Waals surface area (Å²) in [4.78, 5) is 21.4. The Labute approximate surface area is 98.4 Å². The van der Waals surface area contributed by atoms with Gasteiger partial charge in [-0.3, -0.25) is 9.69 Å². The van der Waals surface area contributed by atoms with E-state index in [0.717, 1.165) is 0 Å². The third-order valence-electron chi connectivity index (χ3n) is 2.52. The summed E-state index contributed by atoms with van der Waals surface area (Å²) in [6.07, 6.45) is 3.52. The van der Waals surface area contributed by atoms with E-state index >= 15 is 0 Å². The number of halogens is 1. The first-order valence-electron chi connectivity index (χ1n) is 4.97. The Balaban J connectivity index is 2.15. The Kier molecular flexibility index (Phi) is 3.24. The van der Waals surface area contributed by atoms with Crippen LogP contribution in [0.1, 0.15) is 6.42 Å². The number of carbonyl (C=O) groups is 1. The summed E-state index contributed by atoms with van der Waals surface area (Å²) in [5, 5.41) is 0. The molecule has 16 heavy (non-hydrogen) atoms. The fourth-order valence-electron chi connectivity index (χ4n) is 1.66. The van der Waals surface area contributed by atoms with Crippen LogP contribution in [0.2, 0.25) is 0 Å². The predicted octanol–water partition coefficient (Wildman–Crippen LogP) is 1.08. The minimum Gasteiger partial charge on any atom is -0.480 e. The minimum absolute atomic E-state index is 0.0464. The van der Waals surface area contributed by atoms with Crippen LogP contribution in [0.15, 0.2) is 12.4 Å². The Morgan fingerprint density at radius 3 is 2.88 bits per heavy atom. The maximum Gasteiger partial charge on any atom is 0.232 e. The molecule has 1 unspecified atom stereocenters. The summed E-state index contributed by atoms with van der Waals surface area (Å²) >= 11 is 5.74. The number of carbonyl (C=O) groups excluding carboxylic acids is 1. The van der Waals surface area contributed by atoms with Crippen molar-refractivity contribution in [1.29, 1.82) is 0 Å². The van der Waals surface area contributed by atoms with Crippen molar-refractivity contribution in [3.63, 3.8) is 0 Å². The third kappa shape index (κ3) is 2.09. The Bertz CT molecular complexity index is 382. The van der Waals surface area contributed by atoms with Gasteiger partial charge in [-0.05, 0) is 5.92 Å². The number of anilines is 1. The molecule has 0 aromatic carbocycles. The minimum atomic E-state index is 0.0464. The van der Waals surface area contributed by atoms with E-state index in [1.165, 1.54) is 19.5 Å². The molecule has 1 saturated heterocycles. The maximum absolute atomic E-state index is 11.7. The molecule has 0 N–H and O–H groups in total. The highest BCUT2D eigenvalue weighted by Crippen LogP contribution is 2.24. The zero-order valence-electron chi connectivity index (χ0n) is 8.89. The summed E-state index contributed by atoms with van der Waals surface area (Å²) in [5.74, 6) is 1.73. The van der Waals surface area contributed by atoms with Crippen LogP contribution < -0.4 is 9.64 Å². The van der Waals surface area contributed by atoms with Gasteiger partial charge in [0.25, 0.3) is 0 Å². The van der Waals surface area contributed by atoms with Crippen LogP contribution in [0.4, 0.5) is 5.82 Å². The Morgan fingerprint density at radius 2 is 2.38 bits per heavy atom. The molecule has 0 spiro atoms. The van der Waals surface area contributed by atoms with Gasteiger partial charge in [-0.25, -0.2) is 9.97 Å². The van der Waals surface area contributed by atoms with Crippen LogP contribution >= 0.6 is 11.6 Å². The van der Waals surface area contributed by atoms with Crippen molar-refractivity contribution in [3.8, 4) is 5.88 Å². The molecule has 1 atom stereocenters. The van der Waals surface area contributed by atoms with Crippen molar-refractivity contribution in [3.05, 3.63) is 12.4 Å². The van der Waals surface area contributed by atoms with Crippen molar-refractivity contribution >= 4 is 23.3 Å². The fourth-order valence-corrected chi connectivity index (χ4v) is 1.87. The smallest absolute Gasteiger partial charge is 0.232 e. The second kappa shape index (κ2) is 4.65. The van der Waals surface area contributed by atoms with E-state index in [1.807, 2.05) is 0 Å². The highest BCUT2D eigenvalue weighted by molar-refractivity contribution is 6.18. The van der Waals surface area contributed by atoms with Crippen LogP contribution in [0.5, 0.6) is 5.88 Å². The van der Waals surface area contributed by atoms with E-state index in [-0.39, 0.29) is 11.8 Å². The monoisotopic (exact) mass is 241 g/mol. The second-order valence-corrected chi connectivity index (χ2v) is 3.95. The van der Waals surface area contributed by atoms with Gasteiger partial charge in [-0.2, -0.15) is 0 Å². The number of alkyl halides is 1. The largest absolute Gasteiger partial charge is 0.480 e. The summed E-state index contributed by atoms with van der Waals surface area (Å²) in [7, 11) is 1.52. The van der Waals surface area contributed by atoms with Gasteiger partial charge < -0.3 is 4.74 Å². The number of amides is 1. The van der Waals surface area contributed by atoms with E-state index < -0.39 is 0 Å². The topological polar surface area (TPSA) is 55.3 Å². The van der Waals surface area contributed by atoms with Crippen molar-refractivity contribution in [1.82, 2.24) is 9.97 Å². The highest BCUT2D eigenvalue weighted by Gasteiger charge is 2.30. The van der Waals surface area contributed by atoms with E-state index in [1.54, 1.807) is 4.90 Å². The molecular weight excluding hydrogens is 230 g/mol. The second-order valence-electron chi connectivity index (χ2n) is 3.65. The van der Waals surface area contributed by atoms with Crippen LogP contribution in [0.3, 0.4) is 0 Å². The first-order valence-corrected chi connectivity index (χ1v) is 5.50. The highest BCUT2D eigenvalue weighted by atomic mass is 35.5. The quantitative estimate of drug-likeness (QED) is 0.743. The molecule has 1 aliphatic rings. The maximum atomic E-state index is 11.7. The molecule has 5 nitrogen and oxygen atoms in total. The average molecular weight is 242 g/mol. The van der Waals surface area contributed by atoms with E-state index in [2.05, 4.69) is 9.97 Å². The number of hydrogen-bond acceptors (Lipinski definition) is 4. The zero-order chi connectivity index (χ0) is 11.5. The van der Waals surface area contributed by atoms with Gasteiger partial charge in [0.1, 0.15) is 0 Å². The third-order valence-corrected chi connectivity index (χ3v) is 2.96. The van der Waals surface area contributed by atoms with E-state index in [4.69, 9.17) is 16.3 Å². The predicted molar refractivity (Wildman–Crippen MR) is 59.8 cm³/mol. The average Bonchev–Trinajstić information content (AvgIpc) is 2.71. The molecule has 0 saturated carbocycles. The molecule has 1 aliphatic heterocycles. The molecule has 86 valence electrons. The number of nitrogens with zero attached hydrogens (tertiary/aromatic N) is 3. The summed E-state index contributed by atoms with van der Waals surface area (Å²) in [6, 6.07) is 0. The number of rotatable bonds is 3. The molecule has 0 aliphatic carbocycles. The number of methoxy groups -OCH3 is 1. The van der Waals surface area contributed by atoms with Crippen molar-refractivity contribution in [2.45, 2.75) is 6.42 Å². The lowest BCUT2D eigenvalue weighted by molar-refractivity contribution is -0.117. The van der Waals surface area contributed by atoms with Gasteiger partial charge in [0, 0.05) is 18.8 Å². The van der Waals surface area contributed by atoms with E-state index in [9.17, 15) is 4.79 Å². The molecule has 6 heteroatoms. The molecule has 1 aromatic rings. The number of aromatic nitrogens is 2. The van der Waals surface area contributed by atoms with Gasteiger partial charge in [0.05, 0.1) is 19.5 Å². The van der Waals surface area contributed by atoms with Crippen LogP contribution in [0.25, 0.3) is 0 Å². The lowest BCUT2D eigenvalue weighted by Crippen LogP contribution is -2.25. The van der Waals surface area contributed by atoms with Gasteiger partial charge in [0.2, 0.25) is 11.8 Å². The summed E-state index contributed by atoms with van der Waals surface area (Å²) in [5.41, 5.74) is 0. The molecule has 1 aromatic heterocycles. The van der Waals surface area contributed by atoms with Crippen LogP contribution in [-0.2, 0) is 4.79 Å². The Morgan fingerprint density at radius 1 is 1.56 bits per heavy atom. The van der Waals surface area contributed by atoms with Gasteiger partial charge in [-0.15, -0.1) is 11.6 Å². The van der Waals surface area contributed by atoms with Crippen LogP contribution in [0, 0.1) is 5.92 Å². The van der Waals surface area contributed by atoms with Gasteiger partial charge in [0.15, 0.2) is 5.82 Å². The van der Waals surface area contributed by atoms with Crippen molar-refractivity contribution < 1.29 is 9.53 Å². The zero-order valence-corrected chi connectivity index (χ0v) is 9.65. The Hall–Kier alpha value is -1.36. The molecule has 1 fully saturated rings. The molecular formula is C10H12ClN3O2. The standard InChI is InChI=1S/C10H12ClN3O2/c1-16-9-5-12-8(4-13-9)14-6-7(3-11)2-10(14)15/h4-5,7H,2-3,6H2,1H3. The molecule has 0 radical (unpaired) electrons. The number of hydrogen-bond donors (Lipinski definition) is 0. The lowest BCUT2D eigenvalue weighted by atomic mass is 10.2. The van der Waals surface area contributed by atoms with Gasteiger partial charge >= 0.3 is 0 Å². The first-order chi connectivity index (χ1) is 7.74. The van der Waals surface area contributed by atoms with Gasteiger partial charge in [-0.1, -0.05) is 0 Å². The molecule has 1 amide bonds. The van der Waals surface area contributed by atoms with E-state index in [0.29, 0.717) is 30.5 Å². The number of ether oxygens (including phenoxy) is 1. The normalized spacial score (nSPS) is 20.2. The summed E-state index contributed by atoms with van der Waals surface area (Å²) in [6.45, 7) is 0.614.